The lowest BCUT2D eigenvalue weighted by Crippen LogP contribution is -2.27. The van der Waals surface area contributed by atoms with Gasteiger partial charge in [0.1, 0.15) is 5.75 Å². The van der Waals surface area contributed by atoms with Crippen LogP contribution in [0.15, 0.2) is 47.4 Å². The molecular weight excluding hydrogens is 386 g/mol. The first kappa shape index (κ1) is 21.2. The third kappa shape index (κ3) is 5.19. The Labute approximate surface area is 162 Å². The molecule has 0 aliphatic carbocycles. The van der Waals surface area contributed by atoms with Crippen LogP contribution in [0.4, 0.5) is 11.4 Å². The number of carbonyl (C=O) groups is 1. The maximum absolute atomic E-state index is 12.6. The summed E-state index contributed by atoms with van der Waals surface area (Å²) in [6, 6.07) is 8.96. The zero-order valence-electron chi connectivity index (χ0n) is 15.6. The average molecular weight is 407 g/mol. The molecule has 0 aromatic heterocycles. The largest absolute Gasteiger partial charge is 0.495 e. The number of hydrogen-bond acceptors (Lipinski definition) is 6. The van der Waals surface area contributed by atoms with Gasteiger partial charge >= 0.3 is 0 Å². The van der Waals surface area contributed by atoms with E-state index in [1.54, 1.807) is 0 Å². The fourth-order valence-electron chi connectivity index (χ4n) is 2.28. The highest BCUT2D eigenvalue weighted by Gasteiger charge is 2.19. The summed E-state index contributed by atoms with van der Waals surface area (Å²) in [4.78, 5) is 22.2. The minimum atomic E-state index is -4.04. The van der Waals surface area contributed by atoms with Crippen LogP contribution in [0.3, 0.4) is 0 Å². The second kappa shape index (κ2) is 8.70. The fraction of sp³-hybridized carbons (Fsp3) is 0.278. The molecule has 0 fully saturated rings. The van der Waals surface area contributed by atoms with E-state index in [0.29, 0.717) is 12.1 Å². The van der Waals surface area contributed by atoms with Gasteiger partial charge in [-0.25, -0.2) is 8.42 Å². The number of rotatable bonds is 8. The van der Waals surface area contributed by atoms with Gasteiger partial charge in [-0.2, -0.15) is 0 Å². The third-order valence-corrected chi connectivity index (χ3v) is 5.12. The van der Waals surface area contributed by atoms with Gasteiger partial charge in [-0.1, -0.05) is 13.8 Å². The van der Waals surface area contributed by atoms with Crippen LogP contribution in [-0.4, -0.2) is 32.9 Å². The SMILES string of the molecule is COc1ccc([N+](=O)[O-])cc1NS(=O)(=O)c1ccc(C(=O)NCC(C)C)cc1. The number of nitro benzene ring substituents is 1. The monoisotopic (exact) mass is 407 g/mol. The van der Waals surface area contributed by atoms with Crippen molar-refractivity contribution in [2.75, 3.05) is 18.4 Å². The zero-order chi connectivity index (χ0) is 20.9. The molecule has 0 aliphatic heterocycles. The Morgan fingerprint density at radius 3 is 2.36 bits per heavy atom. The standard InChI is InChI=1S/C18H21N3O6S/c1-12(2)11-19-18(22)13-4-7-15(8-5-13)28(25,26)20-16-10-14(21(23)24)6-9-17(16)27-3/h4-10,12,20H,11H2,1-3H3,(H,19,22). The minimum Gasteiger partial charge on any atom is -0.495 e. The highest BCUT2D eigenvalue weighted by molar-refractivity contribution is 7.92. The summed E-state index contributed by atoms with van der Waals surface area (Å²) in [5, 5.41) is 13.7. The van der Waals surface area contributed by atoms with Gasteiger partial charge in [0.2, 0.25) is 0 Å². The van der Waals surface area contributed by atoms with Gasteiger partial charge in [-0.15, -0.1) is 0 Å². The molecule has 10 heteroatoms. The lowest BCUT2D eigenvalue weighted by molar-refractivity contribution is -0.384. The number of non-ortho nitro benzene ring substituents is 1. The summed E-state index contributed by atoms with van der Waals surface area (Å²) in [7, 11) is -2.72. The molecule has 1 amide bonds. The number of benzene rings is 2. The molecule has 9 nitrogen and oxygen atoms in total. The first-order valence-corrected chi connectivity index (χ1v) is 9.86. The van der Waals surface area contributed by atoms with E-state index in [-0.39, 0.29) is 33.8 Å². The van der Waals surface area contributed by atoms with Crippen LogP contribution in [0.5, 0.6) is 5.75 Å². The van der Waals surface area contributed by atoms with E-state index in [4.69, 9.17) is 4.74 Å². The second-order valence-electron chi connectivity index (χ2n) is 6.38. The Bertz CT molecular complexity index is 971. The number of anilines is 1. The Balaban J connectivity index is 2.25. The number of hydrogen-bond donors (Lipinski definition) is 2. The lowest BCUT2D eigenvalue weighted by Gasteiger charge is -2.12. The number of carbonyl (C=O) groups excluding carboxylic acids is 1. The number of nitro groups is 1. The van der Waals surface area contributed by atoms with Crippen molar-refractivity contribution in [3.8, 4) is 5.75 Å². The molecule has 0 radical (unpaired) electrons. The molecule has 0 unspecified atom stereocenters. The number of amides is 1. The van der Waals surface area contributed by atoms with Crippen molar-refractivity contribution in [2.45, 2.75) is 18.7 Å². The summed E-state index contributed by atoms with van der Waals surface area (Å²) in [6.07, 6.45) is 0. The lowest BCUT2D eigenvalue weighted by atomic mass is 10.2. The van der Waals surface area contributed by atoms with Crippen molar-refractivity contribution in [1.82, 2.24) is 5.32 Å². The molecule has 0 heterocycles. The molecular formula is C18H21N3O6S. The summed E-state index contributed by atoms with van der Waals surface area (Å²) in [5.74, 6) is 0.127. The third-order valence-electron chi connectivity index (χ3n) is 3.74. The van der Waals surface area contributed by atoms with Crippen molar-refractivity contribution in [3.05, 3.63) is 58.1 Å². The van der Waals surface area contributed by atoms with E-state index in [2.05, 4.69) is 10.0 Å². The molecule has 2 aromatic rings. The van der Waals surface area contributed by atoms with Crippen molar-refractivity contribution in [1.29, 1.82) is 0 Å². The molecule has 2 rings (SSSR count). The molecule has 0 aliphatic rings. The van der Waals surface area contributed by atoms with Crippen LogP contribution < -0.4 is 14.8 Å². The Hall–Kier alpha value is -3.14. The Morgan fingerprint density at radius 2 is 1.82 bits per heavy atom. The molecule has 2 aromatic carbocycles. The van der Waals surface area contributed by atoms with Gasteiger partial charge in [-0.3, -0.25) is 19.6 Å². The second-order valence-corrected chi connectivity index (χ2v) is 8.06. The van der Waals surface area contributed by atoms with Crippen molar-refractivity contribution in [2.24, 2.45) is 5.92 Å². The quantitative estimate of drug-likeness (QED) is 0.512. The minimum absolute atomic E-state index is 0.0598. The molecule has 0 saturated carbocycles. The highest BCUT2D eigenvalue weighted by atomic mass is 32.2. The maximum Gasteiger partial charge on any atom is 0.271 e. The summed E-state index contributed by atoms with van der Waals surface area (Å²) < 4.78 is 32.6. The fourth-order valence-corrected chi connectivity index (χ4v) is 3.34. The van der Waals surface area contributed by atoms with E-state index in [1.165, 1.54) is 43.5 Å². The first-order chi connectivity index (χ1) is 13.1. The van der Waals surface area contributed by atoms with Crippen molar-refractivity contribution in [3.63, 3.8) is 0 Å². The van der Waals surface area contributed by atoms with Crippen LogP contribution in [0.1, 0.15) is 24.2 Å². The van der Waals surface area contributed by atoms with E-state index in [1.807, 2.05) is 13.8 Å². The van der Waals surface area contributed by atoms with E-state index in [9.17, 15) is 23.3 Å². The zero-order valence-corrected chi connectivity index (χ0v) is 16.4. The van der Waals surface area contributed by atoms with Crippen LogP contribution >= 0.6 is 0 Å². The molecule has 0 saturated heterocycles. The molecule has 0 atom stereocenters. The first-order valence-electron chi connectivity index (χ1n) is 8.37. The maximum atomic E-state index is 12.6. The number of methoxy groups -OCH3 is 1. The number of ether oxygens (including phenoxy) is 1. The van der Waals surface area contributed by atoms with Gasteiger partial charge < -0.3 is 10.1 Å². The van der Waals surface area contributed by atoms with Gasteiger partial charge in [0.15, 0.2) is 0 Å². The van der Waals surface area contributed by atoms with E-state index >= 15 is 0 Å². The van der Waals surface area contributed by atoms with Gasteiger partial charge in [0, 0.05) is 24.2 Å². The average Bonchev–Trinajstić information content (AvgIpc) is 2.65. The molecule has 28 heavy (non-hydrogen) atoms. The molecule has 0 bridgehead atoms. The topological polar surface area (TPSA) is 128 Å². The van der Waals surface area contributed by atoms with Crippen molar-refractivity contribution >= 4 is 27.3 Å². The predicted molar refractivity (Wildman–Crippen MR) is 104 cm³/mol. The van der Waals surface area contributed by atoms with E-state index in [0.717, 1.165) is 6.07 Å². The summed E-state index contributed by atoms with van der Waals surface area (Å²) in [5.41, 5.74) is -0.0151. The van der Waals surface area contributed by atoms with Crippen LogP contribution in [-0.2, 0) is 10.0 Å². The van der Waals surface area contributed by atoms with Gasteiger partial charge in [-0.05, 0) is 36.2 Å². The van der Waals surface area contributed by atoms with Crippen LogP contribution in [0.25, 0.3) is 0 Å². The number of nitrogens with zero attached hydrogens (tertiary/aromatic N) is 1. The summed E-state index contributed by atoms with van der Waals surface area (Å²) in [6.45, 7) is 4.43. The van der Waals surface area contributed by atoms with Crippen molar-refractivity contribution < 1.29 is 22.9 Å². The van der Waals surface area contributed by atoms with Gasteiger partial charge in [0.05, 0.1) is 22.6 Å². The van der Waals surface area contributed by atoms with Crippen LogP contribution in [0.2, 0.25) is 0 Å². The Kier molecular flexibility index (Phi) is 6.57. The van der Waals surface area contributed by atoms with Crippen LogP contribution in [0, 0.1) is 16.0 Å². The van der Waals surface area contributed by atoms with E-state index < -0.39 is 14.9 Å². The molecule has 2 N–H and O–H groups in total. The highest BCUT2D eigenvalue weighted by Crippen LogP contribution is 2.30. The van der Waals surface area contributed by atoms with Gasteiger partial charge in [0.25, 0.3) is 21.6 Å². The smallest absolute Gasteiger partial charge is 0.271 e. The number of sulfonamides is 1. The summed E-state index contributed by atoms with van der Waals surface area (Å²) >= 11 is 0. The predicted octanol–water partition coefficient (Wildman–Crippen LogP) is 2.79. The number of nitrogens with one attached hydrogen (secondary N) is 2. The molecule has 0 spiro atoms. The molecule has 150 valence electrons. The normalized spacial score (nSPS) is 11.1. The Morgan fingerprint density at radius 1 is 1.18 bits per heavy atom.